The summed E-state index contributed by atoms with van der Waals surface area (Å²) in [6.07, 6.45) is 2.55. The van der Waals surface area contributed by atoms with Crippen molar-refractivity contribution in [2.24, 2.45) is 10.8 Å². The van der Waals surface area contributed by atoms with Crippen LogP contribution in [0.1, 0.15) is 5.56 Å². The normalized spacial score (nSPS) is 11.8. The maximum absolute atomic E-state index is 12.2. The third-order valence-electron chi connectivity index (χ3n) is 2.26. The Morgan fingerprint density at radius 3 is 2.80 bits per heavy atom. The Morgan fingerprint density at radius 2 is 2.15 bits per heavy atom. The predicted molar refractivity (Wildman–Crippen MR) is 80.4 cm³/mol. The zero-order valence-corrected chi connectivity index (χ0v) is 13.0. The first-order chi connectivity index (χ1) is 9.50. The molecule has 2 rings (SSSR count). The van der Waals surface area contributed by atoms with Gasteiger partial charge >= 0.3 is 133 Å². The Balaban J connectivity index is 2.42. The fourth-order valence-corrected chi connectivity index (χ4v) is 2.91. The van der Waals surface area contributed by atoms with Crippen LogP contribution >= 0.6 is 32.4 Å². The molecule has 1 aromatic carbocycles. The molecular weight excluding hydrogens is 373 g/mol. The molecule has 0 aliphatic heterocycles. The van der Waals surface area contributed by atoms with E-state index in [2.05, 4.69) is 5.10 Å². The van der Waals surface area contributed by atoms with Gasteiger partial charge in [-0.2, -0.15) is 0 Å². The van der Waals surface area contributed by atoms with Crippen molar-refractivity contribution in [3.05, 3.63) is 46.3 Å². The summed E-state index contributed by atoms with van der Waals surface area (Å²) in [6, 6.07) is 6.89. The second-order valence-electron chi connectivity index (χ2n) is 3.47. The summed E-state index contributed by atoms with van der Waals surface area (Å²) in [5.74, 6) is 0. The Hall–Kier alpha value is -1.11. The molecule has 0 atom stereocenters. The fraction of sp³-hybridized carbons (Fsp3) is 0. The van der Waals surface area contributed by atoms with Gasteiger partial charge in [-0.1, -0.05) is 0 Å². The number of nitrogens with zero attached hydrogens (tertiary/aromatic N) is 2. The van der Waals surface area contributed by atoms with Crippen molar-refractivity contribution < 1.29 is 16.7 Å². The molecule has 0 radical (unpaired) electrons. The molecule has 0 aliphatic rings. The van der Waals surface area contributed by atoms with Crippen molar-refractivity contribution in [1.82, 2.24) is 4.03 Å². The molecule has 110 valence electrons. The van der Waals surface area contributed by atoms with Crippen LogP contribution in [-0.2, 0) is 12.3 Å². The van der Waals surface area contributed by atoms with E-state index in [0.29, 0.717) is 11.0 Å². The van der Waals surface area contributed by atoms with E-state index in [1.165, 1.54) is 12.5 Å². The first-order valence-electron chi connectivity index (χ1n) is 5.09. The number of thiocarbonyl (C=S) groups is 1. The molecule has 1 heterocycles. The van der Waals surface area contributed by atoms with Crippen molar-refractivity contribution in [3.63, 3.8) is 0 Å². The Labute approximate surface area is 132 Å². The van der Waals surface area contributed by atoms with E-state index < -0.39 is 12.3 Å². The Morgan fingerprint density at radius 1 is 1.45 bits per heavy atom. The predicted octanol–water partition coefficient (Wildman–Crippen LogP) is 2.51. The quantitative estimate of drug-likeness (QED) is 0.383. The monoisotopic (exact) mass is 379 g/mol. The van der Waals surface area contributed by atoms with Crippen LogP contribution in [0.2, 0.25) is 0 Å². The zero-order valence-electron chi connectivity index (χ0n) is 9.72. The standard InChI is InChI=1S/C11H9N3O2S.2ClH.Cu/c12-11(17)14-13-5-7-6-16-9-4-2-1-3-8(9)10(7)15;;;/h1-6H,(H3,12,14,17);2*1H;/q;;;+3/p-3/b13-5-;;;. The van der Waals surface area contributed by atoms with Gasteiger partial charge in [-0.25, -0.2) is 0 Å². The molecule has 2 N–H and O–H groups in total. The van der Waals surface area contributed by atoms with Crippen LogP contribution < -0.4 is 11.2 Å². The molecule has 9 heteroatoms. The number of benzene rings is 1. The van der Waals surface area contributed by atoms with E-state index >= 15 is 0 Å². The second kappa shape index (κ2) is 6.56. The van der Waals surface area contributed by atoms with Gasteiger partial charge in [0, 0.05) is 0 Å². The molecule has 2 aromatic rings. The average molecular weight is 381 g/mol. The molecule has 0 saturated carbocycles. The van der Waals surface area contributed by atoms with Gasteiger partial charge < -0.3 is 0 Å². The van der Waals surface area contributed by atoms with Crippen LogP contribution in [0.5, 0.6) is 0 Å². The number of rotatable bonds is 3. The molecular formula is C11H8Cl2CuN3O2S. The number of hydrazone groups is 1. The number of nitrogens with two attached hydrogens (primary N) is 1. The fourth-order valence-electron chi connectivity index (χ4n) is 1.42. The van der Waals surface area contributed by atoms with Crippen molar-refractivity contribution >= 4 is 54.7 Å². The molecule has 0 amide bonds. The summed E-state index contributed by atoms with van der Waals surface area (Å²) in [6.45, 7) is 0. The van der Waals surface area contributed by atoms with Crippen molar-refractivity contribution in [2.45, 2.75) is 0 Å². The Bertz CT molecular complexity index is 735. The number of hydrogen-bond donors (Lipinski definition) is 1. The summed E-state index contributed by atoms with van der Waals surface area (Å²) in [5, 5.41) is 4.24. The first kappa shape index (κ1) is 15.3. The van der Waals surface area contributed by atoms with Crippen molar-refractivity contribution in [1.29, 1.82) is 0 Å². The molecule has 0 bridgehead atoms. The van der Waals surface area contributed by atoms with E-state index in [4.69, 9.17) is 42.6 Å². The van der Waals surface area contributed by atoms with Gasteiger partial charge in [0.05, 0.1) is 0 Å². The molecule has 20 heavy (non-hydrogen) atoms. The number of hydrogen-bond acceptors (Lipinski definition) is 4. The zero-order chi connectivity index (χ0) is 14.7. The molecule has 0 fully saturated rings. The number of para-hydroxylation sites is 1. The Kier molecular flexibility index (Phi) is 5.01. The average Bonchev–Trinajstić information content (AvgIpc) is 2.41. The van der Waals surface area contributed by atoms with Crippen LogP contribution in [0.3, 0.4) is 0 Å². The van der Waals surface area contributed by atoms with E-state index in [9.17, 15) is 4.79 Å². The first-order valence-corrected chi connectivity index (χ1v) is 8.51. The summed E-state index contributed by atoms with van der Waals surface area (Å²) < 4.78 is 6.35. The number of fused-ring (bicyclic) bond motifs is 1. The summed E-state index contributed by atoms with van der Waals surface area (Å²) >= 11 is 3.50. The minimum absolute atomic E-state index is 0.101. The maximum atomic E-state index is 12.2. The minimum atomic E-state index is -1.24. The van der Waals surface area contributed by atoms with Crippen molar-refractivity contribution in [2.75, 3.05) is 0 Å². The number of halogens is 2. The van der Waals surface area contributed by atoms with E-state index in [1.807, 2.05) is 0 Å². The molecule has 1 aromatic heterocycles. The van der Waals surface area contributed by atoms with Gasteiger partial charge in [-0.05, 0) is 0 Å². The van der Waals surface area contributed by atoms with E-state index in [1.54, 1.807) is 24.3 Å². The van der Waals surface area contributed by atoms with Gasteiger partial charge in [-0.3, -0.25) is 0 Å². The van der Waals surface area contributed by atoms with Gasteiger partial charge in [0.1, 0.15) is 0 Å². The van der Waals surface area contributed by atoms with Crippen LogP contribution in [0.4, 0.5) is 0 Å². The van der Waals surface area contributed by atoms with E-state index in [-0.39, 0.29) is 16.1 Å². The molecule has 5 nitrogen and oxygen atoms in total. The SMILES string of the molecule is NC(=S)[N](/N=C\c1coc2ccccc2c1=O)[Cu]([Cl])[Cl]. The van der Waals surface area contributed by atoms with Crippen LogP contribution in [0.15, 0.2) is 44.8 Å². The van der Waals surface area contributed by atoms with E-state index in [0.717, 1.165) is 4.03 Å². The molecule has 0 spiro atoms. The van der Waals surface area contributed by atoms with Gasteiger partial charge in [0.25, 0.3) is 0 Å². The summed E-state index contributed by atoms with van der Waals surface area (Å²) in [4.78, 5) is 12.2. The molecule has 0 unspecified atom stereocenters. The van der Waals surface area contributed by atoms with Gasteiger partial charge in [-0.15, -0.1) is 0 Å². The summed E-state index contributed by atoms with van der Waals surface area (Å²) in [5.41, 5.74) is 5.92. The summed E-state index contributed by atoms with van der Waals surface area (Å²) in [7, 11) is 11.3. The second-order valence-corrected chi connectivity index (χ2v) is 7.00. The van der Waals surface area contributed by atoms with Crippen molar-refractivity contribution in [3.8, 4) is 0 Å². The third kappa shape index (κ3) is 3.31. The van der Waals surface area contributed by atoms with Crippen LogP contribution in [0.25, 0.3) is 11.0 Å². The third-order valence-corrected chi connectivity index (χ3v) is 3.98. The van der Waals surface area contributed by atoms with Gasteiger partial charge in [0.15, 0.2) is 0 Å². The molecule has 0 saturated heterocycles. The molecule has 0 aliphatic carbocycles. The van der Waals surface area contributed by atoms with Crippen LogP contribution in [-0.4, -0.2) is 15.4 Å². The van der Waals surface area contributed by atoms with Crippen LogP contribution in [0, 0.1) is 0 Å². The topological polar surface area (TPSA) is 71.8 Å². The van der Waals surface area contributed by atoms with Gasteiger partial charge in [0.2, 0.25) is 0 Å².